The molecule has 4 atom stereocenters. The van der Waals surface area contributed by atoms with Gasteiger partial charge >= 0.3 is 0 Å². The molecule has 3 fully saturated rings. The molecule has 6 rings (SSSR count). The van der Waals surface area contributed by atoms with Crippen LogP contribution in [-0.2, 0) is 19.9 Å². The monoisotopic (exact) mass is 446 g/mol. The molecule has 2 aromatic rings. The third-order valence-electron chi connectivity index (χ3n) is 7.78. The number of likely N-dealkylation sites (N-methyl/N-ethyl adjacent to an activating group) is 1. The zero-order valence-corrected chi connectivity index (χ0v) is 18.0. The van der Waals surface area contributed by atoms with Gasteiger partial charge in [0.2, 0.25) is 11.8 Å². The van der Waals surface area contributed by atoms with Crippen LogP contribution in [0.1, 0.15) is 25.3 Å². The molecule has 0 aromatic heterocycles. The fraction of sp³-hybridized carbons (Fsp3) is 0.375. The van der Waals surface area contributed by atoms with Gasteiger partial charge < -0.3 is 4.90 Å². The van der Waals surface area contributed by atoms with Gasteiger partial charge in [-0.25, -0.2) is 4.90 Å². The van der Waals surface area contributed by atoms with Crippen LogP contribution in [0, 0.1) is 22.0 Å². The summed E-state index contributed by atoms with van der Waals surface area (Å²) in [7, 11) is 0. The van der Waals surface area contributed by atoms with Crippen molar-refractivity contribution in [1.82, 2.24) is 4.90 Å². The molecule has 4 aliphatic rings. The second kappa shape index (κ2) is 6.71. The highest BCUT2D eigenvalue weighted by atomic mass is 16.6. The Kier molecular flexibility index (Phi) is 4.08. The van der Waals surface area contributed by atoms with E-state index < -0.39 is 28.2 Å². The van der Waals surface area contributed by atoms with Crippen LogP contribution >= 0.6 is 0 Å². The van der Waals surface area contributed by atoms with Crippen molar-refractivity contribution in [3.63, 3.8) is 0 Å². The highest BCUT2D eigenvalue weighted by Crippen LogP contribution is 2.61. The third kappa shape index (κ3) is 2.27. The molecule has 0 radical (unpaired) electrons. The van der Waals surface area contributed by atoms with E-state index in [1.165, 1.54) is 24.3 Å². The average Bonchev–Trinajstić information content (AvgIpc) is 3.51. The van der Waals surface area contributed by atoms with Crippen LogP contribution in [0.25, 0.3) is 0 Å². The van der Waals surface area contributed by atoms with Gasteiger partial charge in [0.1, 0.15) is 5.54 Å². The number of fused-ring (bicyclic) bond motifs is 7. The average molecular weight is 446 g/mol. The minimum Gasteiger partial charge on any atom is -0.310 e. The molecule has 1 spiro atoms. The summed E-state index contributed by atoms with van der Waals surface area (Å²) in [6, 6.07) is 12.8. The summed E-state index contributed by atoms with van der Waals surface area (Å²) in [5, 5.41) is 11.0. The van der Waals surface area contributed by atoms with Gasteiger partial charge in [0, 0.05) is 36.0 Å². The number of anilines is 2. The van der Waals surface area contributed by atoms with Crippen molar-refractivity contribution in [3.8, 4) is 0 Å². The molecule has 168 valence electrons. The van der Waals surface area contributed by atoms with Crippen LogP contribution in [0.2, 0.25) is 0 Å². The van der Waals surface area contributed by atoms with Crippen molar-refractivity contribution < 1.29 is 19.3 Å². The van der Waals surface area contributed by atoms with Crippen LogP contribution in [0.3, 0.4) is 0 Å². The quantitative estimate of drug-likeness (QED) is 0.408. The minimum absolute atomic E-state index is 0.116. The molecule has 4 aliphatic heterocycles. The van der Waals surface area contributed by atoms with Gasteiger partial charge in [0.05, 0.1) is 22.4 Å². The lowest BCUT2D eigenvalue weighted by Gasteiger charge is -2.37. The molecule has 0 saturated carbocycles. The first-order chi connectivity index (χ1) is 15.9. The Hall–Kier alpha value is -3.59. The highest BCUT2D eigenvalue weighted by Gasteiger charge is 2.75. The number of imide groups is 1. The minimum atomic E-state index is -1.19. The van der Waals surface area contributed by atoms with Gasteiger partial charge in [-0.15, -0.1) is 0 Å². The van der Waals surface area contributed by atoms with Crippen molar-refractivity contribution in [1.29, 1.82) is 0 Å². The summed E-state index contributed by atoms with van der Waals surface area (Å²) in [5.41, 5.74) is 0.583. The van der Waals surface area contributed by atoms with Gasteiger partial charge in [0.25, 0.3) is 11.6 Å². The molecule has 4 unspecified atom stereocenters. The Morgan fingerprint density at radius 1 is 1.06 bits per heavy atom. The molecule has 9 nitrogen and oxygen atoms in total. The number of hydrogen-bond donors (Lipinski definition) is 0. The summed E-state index contributed by atoms with van der Waals surface area (Å²) in [4.78, 5) is 57.2. The topological polar surface area (TPSA) is 104 Å². The first kappa shape index (κ1) is 20.0. The summed E-state index contributed by atoms with van der Waals surface area (Å²) >= 11 is 0. The van der Waals surface area contributed by atoms with Crippen LogP contribution in [-0.4, -0.2) is 46.7 Å². The molecule has 0 bridgehead atoms. The van der Waals surface area contributed by atoms with Crippen molar-refractivity contribution >= 4 is 34.8 Å². The summed E-state index contributed by atoms with van der Waals surface area (Å²) in [5.74, 6) is -2.32. The van der Waals surface area contributed by atoms with Crippen molar-refractivity contribution in [2.24, 2.45) is 11.8 Å². The zero-order valence-electron chi connectivity index (χ0n) is 18.0. The smallest absolute Gasteiger partial charge is 0.269 e. The maximum absolute atomic E-state index is 14.0. The number of rotatable bonds is 3. The Morgan fingerprint density at radius 2 is 1.79 bits per heavy atom. The van der Waals surface area contributed by atoms with E-state index in [1.807, 2.05) is 31.2 Å². The van der Waals surface area contributed by atoms with Crippen molar-refractivity contribution in [2.75, 3.05) is 22.9 Å². The number of nitro groups is 1. The highest BCUT2D eigenvalue weighted by molar-refractivity contribution is 6.26. The van der Waals surface area contributed by atoms with E-state index in [1.54, 1.807) is 4.90 Å². The zero-order chi connectivity index (χ0) is 23.1. The fourth-order valence-corrected chi connectivity index (χ4v) is 6.63. The van der Waals surface area contributed by atoms with Crippen LogP contribution in [0.4, 0.5) is 17.1 Å². The van der Waals surface area contributed by atoms with Crippen LogP contribution < -0.4 is 9.80 Å². The molecule has 3 amide bonds. The van der Waals surface area contributed by atoms with Gasteiger partial charge in [0.15, 0.2) is 0 Å². The molecule has 33 heavy (non-hydrogen) atoms. The van der Waals surface area contributed by atoms with E-state index in [0.29, 0.717) is 18.8 Å². The molecule has 0 N–H and O–H groups in total. The second-order valence-electron chi connectivity index (χ2n) is 9.02. The number of amides is 3. The van der Waals surface area contributed by atoms with E-state index in [2.05, 4.69) is 4.90 Å². The first-order valence-electron chi connectivity index (χ1n) is 11.2. The predicted octanol–water partition coefficient (Wildman–Crippen LogP) is 2.44. The maximum atomic E-state index is 14.0. The Morgan fingerprint density at radius 3 is 2.48 bits per heavy atom. The summed E-state index contributed by atoms with van der Waals surface area (Å²) in [6.07, 6.45) is 1.60. The first-order valence-corrected chi connectivity index (χ1v) is 11.2. The molecule has 2 aromatic carbocycles. The summed E-state index contributed by atoms with van der Waals surface area (Å²) in [6.45, 7) is 3.04. The number of nitrogens with zero attached hydrogens (tertiary/aromatic N) is 4. The number of nitro benzene ring substituents is 1. The van der Waals surface area contributed by atoms with E-state index in [4.69, 9.17) is 0 Å². The van der Waals surface area contributed by atoms with E-state index in [9.17, 15) is 24.5 Å². The summed E-state index contributed by atoms with van der Waals surface area (Å²) < 4.78 is 0. The Labute approximate surface area is 189 Å². The van der Waals surface area contributed by atoms with Gasteiger partial charge in [-0.2, -0.15) is 0 Å². The van der Waals surface area contributed by atoms with E-state index >= 15 is 0 Å². The van der Waals surface area contributed by atoms with Gasteiger partial charge in [-0.3, -0.25) is 29.4 Å². The number of non-ortho nitro benzene ring substituents is 1. The van der Waals surface area contributed by atoms with Crippen LogP contribution in [0.5, 0.6) is 0 Å². The Balaban J connectivity index is 1.52. The standard InChI is InChI=1S/C24H22N4O5/c1-2-25-17-7-4-3-6-16(17)24(23(25)31)20-19(18-8-5-13-26(18)24)21(29)27(22(20)30)14-9-11-15(12-10-14)28(32)33/h3-4,6-7,9-12,18-20H,2,5,8,13H2,1H3. The number of benzene rings is 2. The molecular formula is C24H22N4O5. The predicted molar refractivity (Wildman–Crippen MR) is 118 cm³/mol. The molecule has 9 heteroatoms. The largest absolute Gasteiger partial charge is 0.310 e. The second-order valence-corrected chi connectivity index (χ2v) is 9.02. The number of para-hydroxylation sites is 1. The van der Waals surface area contributed by atoms with Crippen LogP contribution in [0.15, 0.2) is 48.5 Å². The maximum Gasteiger partial charge on any atom is 0.269 e. The Bertz CT molecular complexity index is 1230. The SMILES string of the molecule is CCN1C(=O)C2(c3ccccc31)C1C(=O)N(c3ccc([N+](=O)[O-])cc3)C(=O)C1C1CCCN12. The van der Waals surface area contributed by atoms with Gasteiger partial charge in [-0.05, 0) is 44.5 Å². The molecule has 0 aliphatic carbocycles. The normalized spacial score (nSPS) is 30.3. The van der Waals surface area contributed by atoms with Gasteiger partial charge in [-0.1, -0.05) is 18.2 Å². The number of carbonyl (C=O) groups excluding carboxylic acids is 3. The third-order valence-corrected chi connectivity index (χ3v) is 7.78. The lowest BCUT2D eigenvalue weighted by molar-refractivity contribution is -0.384. The molecule has 3 saturated heterocycles. The van der Waals surface area contributed by atoms with E-state index in [-0.39, 0.29) is 23.5 Å². The van der Waals surface area contributed by atoms with Crippen molar-refractivity contribution in [3.05, 3.63) is 64.2 Å². The lowest BCUT2D eigenvalue weighted by atomic mass is 9.75. The molecular weight excluding hydrogens is 424 g/mol. The number of carbonyl (C=O) groups is 3. The number of hydrogen-bond acceptors (Lipinski definition) is 6. The van der Waals surface area contributed by atoms with Crippen molar-refractivity contribution in [2.45, 2.75) is 31.3 Å². The molecule has 4 heterocycles. The lowest BCUT2D eigenvalue weighted by Crippen LogP contribution is -2.56. The van der Waals surface area contributed by atoms with E-state index in [0.717, 1.165) is 29.0 Å². The fourth-order valence-electron chi connectivity index (χ4n) is 6.63.